The number of nitro groups is 1. The third kappa shape index (κ3) is 3.78. The van der Waals surface area contributed by atoms with E-state index in [-0.39, 0.29) is 23.2 Å². The minimum atomic E-state index is -3.86. The number of nitrogens with zero attached hydrogens (tertiary/aromatic N) is 2. The van der Waals surface area contributed by atoms with Crippen molar-refractivity contribution in [2.45, 2.75) is 44.2 Å². The van der Waals surface area contributed by atoms with Crippen molar-refractivity contribution in [2.75, 3.05) is 0 Å². The molecule has 1 atom stereocenters. The Balaban J connectivity index is 2.04. The number of hydrogen-bond acceptors (Lipinski definition) is 4. The molecule has 0 aliphatic heterocycles. The van der Waals surface area contributed by atoms with E-state index in [0.29, 0.717) is 11.5 Å². The highest BCUT2D eigenvalue weighted by Gasteiger charge is 2.39. The molecule has 1 aliphatic carbocycles. The van der Waals surface area contributed by atoms with Gasteiger partial charge in [-0.2, -0.15) is 4.31 Å². The van der Waals surface area contributed by atoms with Crippen LogP contribution in [0.4, 0.5) is 5.69 Å². The van der Waals surface area contributed by atoms with Crippen LogP contribution in [-0.2, 0) is 16.6 Å². The standard InChI is InChI=1S/C19H22N2O4S/c1-14-8-11-18(21(22)23)12-19(14)26(24,25)20(15(2)17-9-10-17)13-16-6-4-3-5-7-16/h3-8,11-12,15,17H,9-10,13H2,1-2H3/t15-/m1/s1. The second-order valence-electron chi connectivity index (χ2n) is 6.82. The smallest absolute Gasteiger partial charge is 0.258 e. The average Bonchev–Trinajstić information content (AvgIpc) is 3.45. The molecule has 7 heteroatoms. The molecule has 1 aliphatic rings. The number of hydrogen-bond donors (Lipinski definition) is 0. The Morgan fingerprint density at radius 2 is 1.85 bits per heavy atom. The number of nitro benzene ring substituents is 1. The fourth-order valence-corrected chi connectivity index (χ4v) is 5.06. The van der Waals surface area contributed by atoms with E-state index in [2.05, 4.69) is 0 Å². The lowest BCUT2D eigenvalue weighted by atomic mass is 10.2. The molecule has 138 valence electrons. The maximum Gasteiger partial charge on any atom is 0.270 e. The second kappa shape index (κ2) is 7.17. The number of aryl methyl sites for hydroxylation is 1. The summed E-state index contributed by atoms with van der Waals surface area (Å²) >= 11 is 0. The Morgan fingerprint density at radius 3 is 2.42 bits per heavy atom. The van der Waals surface area contributed by atoms with Crippen molar-refractivity contribution in [1.82, 2.24) is 4.31 Å². The van der Waals surface area contributed by atoms with Crippen molar-refractivity contribution in [2.24, 2.45) is 5.92 Å². The van der Waals surface area contributed by atoms with Crippen molar-refractivity contribution >= 4 is 15.7 Å². The maximum absolute atomic E-state index is 13.4. The van der Waals surface area contributed by atoms with Crippen LogP contribution in [0.1, 0.15) is 30.9 Å². The van der Waals surface area contributed by atoms with E-state index in [9.17, 15) is 18.5 Å². The Labute approximate surface area is 153 Å². The highest BCUT2D eigenvalue weighted by atomic mass is 32.2. The van der Waals surface area contributed by atoms with Crippen LogP contribution < -0.4 is 0 Å². The van der Waals surface area contributed by atoms with Gasteiger partial charge in [-0.3, -0.25) is 10.1 Å². The summed E-state index contributed by atoms with van der Waals surface area (Å²) < 4.78 is 28.3. The van der Waals surface area contributed by atoms with Crippen molar-refractivity contribution in [3.05, 3.63) is 69.8 Å². The molecular formula is C19H22N2O4S. The first-order valence-electron chi connectivity index (χ1n) is 8.61. The number of sulfonamides is 1. The van der Waals surface area contributed by atoms with Gasteiger partial charge in [0.2, 0.25) is 10.0 Å². The summed E-state index contributed by atoms with van der Waals surface area (Å²) in [5.41, 5.74) is 1.19. The number of benzene rings is 2. The first-order valence-corrected chi connectivity index (χ1v) is 10.1. The monoisotopic (exact) mass is 374 g/mol. The molecule has 1 saturated carbocycles. The molecule has 0 N–H and O–H groups in total. The Bertz CT molecular complexity index is 908. The third-order valence-electron chi connectivity index (χ3n) is 4.91. The van der Waals surface area contributed by atoms with E-state index in [1.54, 1.807) is 6.92 Å². The normalized spacial score (nSPS) is 15.8. The van der Waals surface area contributed by atoms with Gasteiger partial charge in [0.05, 0.1) is 9.82 Å². The van der Waals surface area contributed by atoms with E-state index in [0.717, 1.165) is 18.4 Å². The molecule has 0 aromatic heterocycles. The van der Waals surface area contributed by atoms with Gasteiger partial charge in [0, 0.05) is 24.7 Å². The van der Waals surface area contributed by atoms with Crippen LogP contribution >= 0.6 is 0 Å². The lowest BCUT2D eigenvalue weighted by Crippen LogP contribution is -2.39. The summed E-state index contributed by atoms with van der Waals surface area (Å²) in [5, 5.41) is 11.1. The highest BCUT2D eigenvalue weighted by Crippen LogP contribution is 2.38. The number of rotatable bonds is 7. The summed E-state index contributed by atoms with van der Waals surface area (Å²) in [6, 6.07) is 13.3. The molecule has 0 heterocycles. The Morgan fingerprint density at radius 1 is 1.19 bits per heavy atom. The minimum Gasteiger partial charge on any atom is -0.258 e. The quantitative estimate of drug-likeness (QED) is 0.544. The first-order chi connectivity index (χ1) is 12.3. The van der Waals surface area contributed by atoms with Crippen molar-refractivity contribution < 1.29 is 13.3 Å². The highest BCUT2D eigenvalue weighted by molar-refractivity contribution is 7.89. The summed E-state index contributed by atoms with van der Waals surface area (Å²) in [5.74, 6) is 0.340. The van der Waals surface area contributed by atoms with Gasteiger partial charge in [0.15, 0.2) is 0 Å². The van der Waals surface area contributed by atoms with Crippen LogP contribution in [0.15, 0.2) is 53.4 Å². The molecule has 0 bridgehead atoms. The van der Waals surface area contributed by atoms with Crippen LogP contribution in [0.25, 0.3) is 0 Å². The van der Waals surface area contributed by atoms with Gasteiger partial charge in [0.1, 0.15) is 0 Å². The van der Waals surface area contributed by atoms with Gasteiger partial charge in [-0.05, 0) is 43.7 Å². The zero-order valence-electron chi connectivity index (χ0n) is 14.8. The average molecular weight is 374 g/mol. The van der Waals surface area contributed by atoms with Crippen molar-refractivity contribution in [3.63, 3.8) is 0 Å². The molecule has 26 heavy (non-hydrogen) atoms. The van der Waals surface area contributed by atoms with Gasteiger partial charge < -0.3 is 0 Å². The molecule has 0 radical (unpaired) electrons. The topological polar surface area (TPSA) is 80.5 Å². The van der Waals surface area contributed by atoms with Crippen LogP contribution in [0, 0.1) is 23.0 Å². The Hall–Kier alpha value is -2.25. The predicted molar refractivity (Wildman–Crippen MR) is 99.2 cm³/mol. The summed E-state index contributed by atoms with van der Waals surface area (Å²) in [6.45, 7) is 3.84. The van der Waals surface area contributed by atoms with E-state index in [4.69, 9.17) is 0 Å². The van der Waals surface area contributed by atoms with Gasteiger partial charge in [-0.15, -0.1) is 0 Å². The second-order valence-corrected chi connectivity index (χ2v) is 8.68. The summed E-state index contributed by atoms with van der Waals surface area (Å²) in [6.07, 6.45) is 2.02. The van der Waals surface area contributed by atoms with E-state index in [1.165, 1.54) is 22.5 Å². The molecule has 0 spiro atoms. The molecule has 0 saturated heterocycles. The molecule has 2 aromatic carbocycles. The van der Waals surface area contributed by atoms with Crippen LogP contribution in [0.3, 0.4) is 0 Å². The predicted octanol–water partition coefficient (Wildman–Crippen LogP) is 3.89. The SMILES string of the molecule is Cc1ccc([N+](=O)[O-])cc1S(=O)(=O)N(Cc1ccccc1)[C@H](C)C1CC1. The van der Waals surface area contributed by atoms with E-state index >= 15 is 0 Å². The largest absolute Gasteiger partial charge is 0.270 e. The molecule has 0 unspecified atom stereocenters. The lowest BCUT2D eigenvalue weighted by Gasteiger charge is -2.29. The molecule has 0 amide bonds. The fourth-order valence-electron chi connectivity index (χ4n) is 3.13. The molecule has 1 fully saturated rings. The molecule has 3 rings (SSSR count). The van der Waals surface area contributed by atoms with E-state index in [1.807, 2.05) is 37.3 Å². The van der Waals surface area contributed by atoms with Crippen LogP contribution in [0.5, 0.6) is 0 Å². The Kier molecular flexibility index (Phi) is 5.11. The first kappa shape index (κ1) is 18.5. The van der Waals surface area contributed by atoms with Crippen molar-refractivity contribution in [3.8, 4) is 0 Å². The van der Waals surface area contributed by atoms with Crippen LogP contribution in [0.2, 0.25) is 0 Å². The summed E-state index contributed by atoms with van der Waals surface area (Å²) in [4.78, 5) is 10.5. The fraction of sp³-hybridized carbons (Fsp3) is 0.368. The van der Waals surface area contributed by atoms with Gasteiger partial charge >= 0.3 is 0 Å². The molecular weight excluding hydrogens is 352 g/mol. The summed E-state index contributed by atoms with van der Waals surface area (Å²) in [7, 11) is -3.86. The third-order valence-corrected chi connectivity index (χ3v) is 6.98. The van der Waals surface area contributed by atoms with Crippen molar-refractivity contribution in [1.29, 1.82) is 0 Å². The minimum absolute atomic E-state index is 0.00938. The van der Waals surface area contributed by atoms with Gasteiger partial charge in [-0.25, -0.2) is 8.42 Å². The molecule has 6 nitrogen and oxygen atoms in total. The zero-order valence-corrected chi connectivity index (χ0v) is 15.6. The number of non-ortho nitro benzene ring substituents is 1. The lowest BCUT2D eigenvalue weighted by molar-refractivity contribution is -0.385. The maximum atomic E-state index is 13.4. The van der Waals surface area contributed by atoms with E-state index < -0.39 is 14.9 Å². The van der Waals surface area contributed by atoms with Gasteiger partial charge in [-0.1, -0.05) is 36.4 Å². The zero-order chi connectivity index (χ0) is 18.9. The van der Waals surface area contributed by atoms with Gasteiger partial charge in [0.25, 0.3) is 5.69 Å². The van der Waals surface area contributed by atoms with Crippen LogP contribution in [-0.4, -0.2) is 23.7 Å². The molecule has 2 aromatic rings.